The van der Waals surface area contributed by atoms with Gasteiger partial charge in [0.25, 0.3) is 0 Å². The number of benzene rings is 1. The molecule has 0 amide bonds. The first-order chi connectivity index (χ1) is 12.2. The van der Waals surface area contributed by atoms with E-state index >= 15 is 0 Å². The van der Waals surface area contributed by atoms with E-state index in [2.05, 4.69) is 27.9 Å². The fraction of sp³-hybridized carbons (Fsp3) is 0.286. The maximum atomic E-state index is 13.3. The minimum Gasteiger partial charge on any atom is -0.355 e. The van der Waals surface area contributed by atoms with Crippen LogP contribution >= 0.6 is 0 Å². The number of anilines is 1. The molecule has 0 aliphatic carbocycles. The lowest BCUT2D eigenvalue weighted by atomic mass is 10.0. The van der Waals surface area contributed by atoms with E-state index in [1.807, 2.05) is 24.3 Å². The first-order valence-corrected chi connectivity index (χ1v) is 8.88. The van der Waals surface area contributed by atoms with Gasteiger partial charge in [-0.2, -0.15) is 0 Å². The van der Waals surface area contributed by atoms with E-state index < -0.39 is 0 Å². The van der Waals surface area contributed by atoms with Gasteiger partial charge in [0.05, 0.1) is 5.69 Å². The number of halogens is 1. The number of hydrogen-bond donors (Lipinski definition) is 1. The summed E-state index contributed by atoms with van der Waals surface area (Å²) in [5.74, 6) is 0.920. The Balaban J connectivity index is 1.82. The van der Waals surface area contributed by atoms with Crippen LogP contribution in [0.1, 0.15) is 26.2 Å². The molecule has 0 saturated carbocycles. The number of rotatable bonds is 3. The van der Waals surface area contributed by atoms with E-state index in [0.29, 0.717) is 6.04 Å². The van der Waals surface area contributed by atoms with Crippen molar-refractivity contribution in [2.75, 3.05) is 11.4 Å². The first kappa shape index (κ1) is 15.9. The van der Waals surface area contributed by atoms with Crippen LogP contribution in [0.3, 0.4) is 0 Å². The zero-order chi connectivity index (χ0) is 17.2. The van der Waals surface area contributed by atoms with Crippen molar-refractivity contribution < 1.29 is 4.39 Å². The SMILES string of the molecule is CC1CCCCN1c1cc(-c2ccncc2)c(-c2ccc(F)cc2)[nH]1. The molecule has 3 nitrogen and oxygen atoms in total. The molecule has 128 valence electrons. The van der Waals surface area contributed by atoms with Gasteiger partial charge in [-0.15, -0.1) is 0 Å². The Morgan fingerprint density at radius 2 is 1.80 bits per heavy atom. The highest BCUT2D eigenvalue weighted by Crippen LogP contribution is 2.36. The minimum absolute atomic E-state index is 0.217. The van der Waals surface area contributed by atoms with Crippen molar-refractivity contribution in [3.8, 4) is 22.4 Å². The van der Waals surface area contributed by atoms with Gasteiger partial charge in [0, 0.05) is 30.5 Å². The van der Waals surface area contributed by atoms with Gasteiger partial charge in [0.15, 0.2) is 0 Å². The number of piperidine rings is 1. The lowest BCUT2D eigenvalue weighted by Crippen LogP contribution is -2.37. The highest BCUT2D eigenvalue weighted by molar-refractivity contribution is 5.84. The van der Waals surface area contributed by atoms with Gasteiger partial charge in [-0.3, -0.25) is 4.98 Å². The summed E-state index contributed by atoms with van der Waals surface area (Å²) in [5, 5.41) is 0. The largest absolute Gasteiger partial charge is 0.355 e. The highest BCUT2D eigenvalue weighted by atomic mass is 19.1. The van der Waals surface area contributed by atoms with Gasteiger partial charge in [0.1, 0.15) is 11.6 Å². The molecule has 1 fully saturated rings. The Bertz CT molecular complexity index is 839. The first-order valence-electron chi connectivity index (χ1n) is 8.88. The molecule has 1 saturated heterocycles. The number of hydrogen-bond acceptors (Lipinski definition) is 2. The molecular weight excluding hydrogens is 313 g/mol. The summed E-state index contributed by atoms with van der Waals surface area (Å²) < 4.78 is 13.3. The van der Waals surface area contributed by atoms with E-state index in [-0.39, 0.29) is 5.82 Å². The molecule has 0 radical (unpaired) electrons. The van der Waals surface area contributed by atoms with Gasteiger partial charge >= 0.3 is 0 Å². The van der Waals surface area contributed by atoms with Crippen LogP contribution in [0, 0.1) is 5.82 Å². The van der Waals surface area contributed by atoms with Crippen molar-refractivity contribution in [3.63, 3.8) is 0 Å². The Morgan fingerprint density at radius 3 is 2.52 bits per heavy atom. The third-order valence-electron chi connectivity index (χ3n) is 5.04. The zero-order valence-corrected chi connectivity index (χ0v) is 14.4. The average Bonchev–Trinajstić information content (AvgIpc) is 3.08. The maximum absolute atomic E-state index is 13.3. The third kappa shape index (κ3) is 3.16. The van der Waals surface area contributed by atoms with Crippen LogP contribution in [-0.2, 0) is 0 Å². The summed E-state index contributed by atoms with van der Waals surface area (Å²) in [6.45, 7) is 3.35. The van der Waals surface area contributed by atoms with Crippen LogP contribution in [0.2, 0.25) is 0 Å². The predicted octanol–water partition coefficient (Wildman–Crippen LogP) is 5.26. The van der Waals surface area contributed by atoms with Crippen molar-refractivity contribution in [2.45, 2.75) is 32.2 Å². The van der Waals surface area contributed by atoms with Crippen molar-refractivity contribution >= 4 is 5.82 Å². The number of nitrogens with one attached hydrogen (secondary N) is 1. The summed E-state index contributed by atoms with van der Waals surface area (Å²) in [7, 11) is 0. The molecule has 1 aliphatic heterocycles. The summed E-state index contributed by atoms with van der Waals surface area (Å²) in [6.07, 6.45) is 7.34. The molecule has 2 aromatic heterocycles. The molecule has 1 aromatic carbocycles. The van der Waals surface area contributed by atoms with E-state index in [1.165, 1.54) is 31.4 Å². The minimum atomic E-state index is -0.217. The molecular formula is C21H22FN3. The summed E-state index contributed by atoms with van der Waals surface area (Å²) in [4.78, 5) is 10.2. The summed E-state index contributed by atoms with van der Waals surface area (Å²) >= 11 is 0. The number of H-pyrrole nitrogens is 1. The highest BCUT2D eigenvalue weighted by Gasteiger charge is 2.22. The van der Waals surface area contributed by atoms with Crippen LogP contribution in [-0.4, -0.2) is 22.6 Å². The maximum Gasteiger partial charge on any atom is 0.123 e. The molecule has 1 unspecified atom stereocenters. The van der Waals surface area contributed by atoms with Gasteiger partial charge in [0.2, 0.25) is 0 Å². The Labute approximate surface area is 147 Å². The molecule has 1 atom stereocenters. The topological polar surface area (TPSA) is 31.9 Å². The molecule has 3 aromatic rings. The summed E-state index contributed by atoms with van der Waals surface area (Å²) in [5.41, 5.74) is 4.26. The zero-order valence-electron chi connectivity index (χ0n) is 14.4. The Kier molecular flexibility index (Phi) is 4.26. The summed E-state index contributed by atoms with van der Waals surface area (Å²) in [6, 6.07) is 13.4. The van der Waals surface area contributed by atoms with E-state index in [9.17, 15) is 4.39 Å². The fourth-order valence-electron chi connectivity index (χ4n) is 3.65. The van der Waals surface area contributed by atoms with Crippen molar-refractivity contribution in [2.24, 2.45) is 0 Å². The van der Waals surface area contributed by atoms with E-state index in [1.54, 1.807) is 12.4 Å². The van der Waals surface area contributed by atoms with Crippen molar-refractivity contribution in [3.05, 3.63) is 60.7 Å². The molecule has 1 aliphatic rings. The Hall–Kier alpha value is -2.62. The number of pyridine rings is 1. The van der Waals surface area contributed by atoms with Crippen LogP contribution in [0.25, 0.3) is 22.4 Å². The molecule has 25 heavy (non-hydrogen) atoms. The average molecular weight is 335 g/mol. The number of aromatic amines is 1. The van der Waals surface area contributed by atoms with Gasteiger partial charge in [-0.05, 0) is 79.8 Å². The lowest BCUT2D eigenvalue weighted by Gasteiger charge is -2.34. The van der Waals surface area contributed by atoms with E-state index in [0.717, 1.165) is 34.7 Å². The standard InChI is InChI=1S/C21H22FN3/c1-15-4-2-3-13-25(15)20-14-19(16-9-11-23-12-10-16)21(24-20)17-5-7-18(22)8-6-17/h5-12,14-15,24H,2-4,13H2,1H3. The molecule has 0 bridgehead atoms. The molecule has 4 rings (SSSR count). The van der Waals surface area contributed by atoms with Gasteiger partial charge in [-0.25, -0.2) is 4.39 Å². The molecule has 3 heterocycles. The third-order valence-corrected chi connectivity index (χ3v) is 5.04. The van der Waals surface area contributed by atoms with Crippen LogP contribution in [0.15, 0.2) is 54.9 Å². The molecule has 4 heteroatoms. The monoisotopic (exact) mass is 335 g/mol. The van der Waals surface area contributed by atoms with Gasteiger partial charge in [-0.1, -0.05) is 0 Å². The van der Waals surface area contributed by atoms with Crippen molar-refractivity contribution in [1.82, 2.24) is 9.97 Å². The smallest absolute Gasteiger partial charge is 0.123 e. The predicted molar refractivity (Wildman–Crippen MR) is 100 cm³/mol. The number of nitrogens with zero attached hydrogens (tertiary/aromatic N) is 2. The second-order valence-electron chi connectivity index (χ2n) is 6.72. The molecule has 1 N–H and O–H groups in total. The van der Waals surface area contributed by atoms with Crippen LogP contribution < -0.4 is 4.90 Å². The molecule has 0 spiro atoms. The van der Waals surface area contributed by atoms with Crippen molar-refractivity contribution in [1.29, 1.82) is 0 Å². The quantitative estimate of drug-likeness (QED) is 0.708. The Morgan fingerprint density at radius 1 is 1.04 bits per heavy atom. The van der Waals surface area contributed by atoms with Crippen LogP contribution in [0.5, 0.6) is 0 Å². The fourth-order valence-corrected chi connectivity index (χ4v) is 3.65. The van der Waals surface area contributed by atoms with E-state index in [4.69, 9.17) is 0 Å². The number of aromatic nitrogens is 2. The second-order valence-corrected chi connectivity index (χ2v) is 6.72. The second kappa shape index (κ2) is 6.71. The van der Waals surface area contributed by atoms with Crippen LogP contribution in [0.4, 0.5) is 10.2 Å². The van der Waals surface area contributed by atoms with Gasteiger partial charge < -0.3 is 9.88 Å². The lowest BCUT2D eigenvalue weighted by molar-refractivity contribution is 0.482. The normalized spacial score (nSPS) is 17.7.